The molecule has 0 aliphatic carbocycles. The van der Waals surface area contributed by atoms with Crippen LogP contribution in [0.3, 0.4) is 0 Å². The molecule has 0 saturated carbocycles. The molecule has 1 aromatic rings. The number of carbonyl (C=O) groups is 1. The average Bonchev–Trinajstić information content (AvgIpc) is 2.58. The van der Waals surface area contributed by atoms with Gasteiger partial charge in [0.25, 0.3) is 0 Å². The number of nitrogens with zero attached hydrogens (tertiary/aromatic N) is 1. The van der Waals surface area contributed by atoms with Gasteiger partial charge in [-0.15, -0.1) is 0 Å². The van der Waals surface area contributed by atoms with Crippen molar-refractivity contribution in [2.75, 3.05) is 6.26 Å². The van der Waals surface area contributed by atoms with Crippen LogP contribution in [0, 0.1) is 0 Å². The molecule has 0 bridgehead atoms. The van der Waals surface area contributed by atoms with Crippen LogP contribution in [0.5, 0.6) is 0 Å². The molecule has 0 unspecified atom stereocenters. The third-order valence-corrected chi connectivity index (χ3v) is 3.98. The summed E-state index contributed by atoms with van der Waals surface area (Å²) in [7, 11) is -3.19. The standard InChI is InChI=1S/C11H13NO4S/c1-17(15,16)12-6-9-3-2-8(5-11(13)14)4-10(9)7-12/h2-4H,5-7H2,1H3,(H,13,14). The zero-order valence-electron chi connectivity index (χ0n) is 9.38. The highest BCUT2D eigenvalue weighted by Crippen LogP contribution is 2.25. The van der Waals surface area contributed by atoms with Crippen molar-refractivity contribution < 1.29 is 18.3 Å². The highest BCUT2D eigenvalue weighted by molar-refractivity contribution is 7.88. The van der Waals surface area contributed by atoms with E-state index in [2.05, 4.69) is 0 Å². The smallest absolute Gasteiger partial charge is 0.307 e. The van der Waals surface area contributed by atoms with Crippen molar-refractivity contribution in [1.29, 1.82) is 0 Å². The quantitative estimate of drug-likeness (QED) is 0.857. The zero-order chi connectivity index (χ0) is 12.6. The Morgan fingerprint density at radius 2 is 2.00 bits per heavy atom. The van der Waals surface area contributed by atoms with Crippen molar-refractivity contribution in [2.24, 2.45) is 0 Å². The fraction of sp³-hybridized carbons (Fsp3) is 0.364. The molecular formula is C11H13NO4S. The Labute approximate surface area is 99.7 Å². The van der Waals surface area contributed by atoms with Gasteiger partial charge in [0.15, 0.2) is 0 Å². The highest BCUT2D eigenvalue weighted by atomic mass is 32.2. The Kier molecular flexibility index (Phi) is 2.92. The van der Waals surface area contributed by atoms with E-state index < -0.39 is 16.0 Å². The first-order chi connectivity index (χ1) is 7.86. The predicted molar refractivity (Wildman–Crippen MR) is 61.9 cm³/mol. The summed E-state index contributed by atoms with van der Waals surface area (Å²) in [5, 5.41) is 8.69. The van der Waals surface area contributed by atoms with Gasteiger partial charge in [-0.25, -0.2) is 8.42 Å². The lowest BCUT2D eigenvalue weighted by atomic mass is 10.0. The molecule has 0 spiro atoms. The third kappa shape index (κ3) is 2.65. The van der Waals surface area contributed by atoms with Gasteiger partial charge in [0.05, 0.1) is 12.7 Å². The molecule has 0 radical (unpaired) electrons. The fourth-order valence-corrected chi connectivity index (χ4v) is 2.68. The molecule has 1 heterocycles. The van der Waals surface area contributed by atoms with Gasteiger partial charge in [-0.05, 0) is 16.7 Å². The van der Waals surface area contributed by atoms with E-state index in [9.17, 15) is 13.2 Å². The summed E-state index contributed by atoms with van der Waals surface area (Å²) < 4.78 is 24.2. The molecule has 92 valence electrons. The minimum absolute atomic E-state index is 0.0356. The number of rotatable bonds is 3. The van der Waals surface area contributed by atoms with Gasteiger partial charge in [-0.3, -0.25) is 4.79 Å². The number of sulfonamides is 1. The maximum Gasteiger partial charge on any atom is 0.307 e. The zero-order valence-corrected chi connectivity index (χ0v) is 10.2. The van der Waals surface area contributed by atoms with Crippen molar-refractivity contribution in [3.05, 3.63) is 34.9 Å². The van der Waals surface area contributed by atoms with Crippen LogP contribution in [0.4, 0.5) is 0 Å². The molecule has 0 atom stereocenters. The average molecular weight is 255 g/mol. The monoisotopic (exact) mass is 255 g/mol. The number of carboxylic acids is 1. The van der Waals surface area contributed by atoms with Gasteiger partial charge in [0, 0.05) is 13.1 Å². The van der Waals surface area contributed by atoms with Gasteiger partial charge in [0.2, 0.25) is 10.0 Å². The number of aliphatic carboxylic acids is 1. The van der Waals surface area contributed by atoms with E-state index in [4.69, 9.17) is 5.11 Å². The van der Waals surface area contributed by atoms with Crippen LogP contribution >= 0.6 is 0 Å². The Bertz CT molecular complexity index is 565. The molecule has 0 saturated heterocycles. The first kappa shape index (κ1) is 12.1. The van der Waals surface area contributed by atoms with E-state index in [0.29, 0.717) is 18.7 Å². The first-order valence-corrected chi connectivity index (χ1v) is 6.98. The number of fused-ring (bicyclic) bond motifs is 1. The van der Waals surface area contributed by atoms with E-state index in [1.165, 1.54) is 10.6 Å². The maximum atomic E-state index is 11.4. The van der Waals surface area contributed by atoms with E-state index in [1.807, 2.05) is 0 Å². The van der Waals surface area contributed by atoms with Gasteiger partial charge in [-0.2, -0.15) is 4.31 Å². The molecule has 0 amide bonds. The van der Waals surface area contributed by atoms with Crippen molar-refractivity contribution >= 4 is 16.0 Å². The van der Waals surface area contributed by atoms with Crippen LogP contribution in [0.1, 0.15) is 16.7 Å². The summed E-state index contributed by atoms with van der Waals surface area (Å²) in [5.74, 6) is -0.886. The largest absolute Gasteiger partial charge is 0.481 e. The molecule has 17 heavy (non-hydrogen) atoms. The van der Waals surface area contributed by atoms with Crippen LogP contribution in [0.25, 0.3) is 0 Å². The number of hydrogen-bond acceptors (Lipinski definition) is 3. The van der Waals surface area contributed by atoms with Gasteiger partial charge in [-0.1, -0.05) is 18.2 Å². The maximum absolute atomic E-state index is 11.4. The Hall–Kier alpha value is -1.40. The van der Waals surface area contributed by atoms with Crippen molar-refractivity contribution in [3.63, 3.8) is 0 Å². The molecular weight excluding hydrogens is 242 g/mol. The molecule has 1 aromatic carbocycles. The van der Waals surface area contributed by atoms with Crippen molar-refractivity contribution in [3.8, 4) is 0 Å². The second kappa shape index (κ2) is 4.12. The number of hydrogen-bond donors (Lipinski definition) is 1. The van der Waals surface area contributed by atoms with E-state index >= 15 is 0 Å². The fourth-order valence-electron chi connectivity index (χ4n) is 1.94. The second-order valence-corrected chi connectivity index (χ2v) is 6.19. The second-order valence-electron chi connectivity index (χ2n) is 4.20. The van der Waals surface area contributed by atoms with Crippen molar-refractivity contribution in [1.82, 2.24) is 4.31 Å². The van der Waals surface area contributed by atoms with E-state index in [1.54, 1.807) is 18.2 Å². The van der Waals surface area contributed by atoms with Crippen LogP contribution in [-0.4, -0.2) is 30.1 Å². The third-order valence-electron chi connectivity index (χ3n) is 2.79. The van der Waals surface area contributed by atoms with Gasteiger partial charge >= 0.3 is 5.97 Å². The predicted octanol–water partition coefficient (Wildman–Crippen LogP) is 0.589. The molecule has 6 heteroatoms. The number of carboxylic acid groups (broad SMARTS) is 1. The molecule has 1 aliphatic rings. The Morgan fingerprint density at radius 1 is 1.35 bits per heavy atom. The normalized spacial score (nSPS) is 15.8. The van der Waals surface area contributed by atoms with Gasteiger partial charge in [0.1, 0.15) is 0 Å². The first-order valence-electron chi connectivity index (χ1n) is 5.14. The lowest BCUT2D eigenvalue weighted by Gasteiger charge is -2.10. The topological polar surface area (TPSA) is 74.7 Å². The highest BCUT2D eigenvalue weighted by Gasteiger charge is 2.25. The molecule has 0 fully saturated rings. The Balaban J connectivity index is 2.25. The van der Waals surface area contributed by atoms with Crippen molar-refractivity contribution in [2.45, 2.75) is 19.5 Å². The SMILES string of the molecule is CS(=O)(=O)N1Cc2ccc(CC(=O)O)cc2C1. The van der Waals surface area contributed by atoms with Gasteiger partial charge < -0.3 is 5.11 Å². The minimum atomic E-state index is -3.19. The van der Waals surface area contributed by atoms with Crippen LogP contribution in [-0.2, 0) is 34.3 Å². The summed E-state index contributed by atoms with van der Waals surface area (Å²) in [5.41, 5.74) is 2.55. The summed E-state index contributed by atoms with van der Waals surface area (Å²) in [6.45, 7) is 0.711. The molecule has 1 aliphatic heterocycles. The van der Waals surface area contributed by atoms with Crippen LogP contribution in [0.15, 0.2) is 18.2 Å². The summed E-state index contributed by atoms with van der Waals surface area (Å²) in [6, 6.07) is 5.31. The Morgan fingerprint density at radius 3 is 2.59 bits per heavy atom. The minimum Gasteiger partial charge on any atom is -0.481 e. The van der Waals surface area contributed by atoms with E-state index in [-0.39, 0.29) is 6.42 Å². The molecule has 1 N–H and O–H groups in total. The lowest BCUT2D eigenvalue weighted by Crippen LogP contribution is -2.23. The molecule has 5 nitrogen and oxygen atoms in total. The molecule has 2 rings (SSSR count). The van der Waals surface area contributed by atoms with Crippen LogP contribution < -0.4 is 0 Å². The summed E-state index contributed by atoms with van der Waals surface area (Å²) in [4.78, 5) is 10.6. The summed E-state index contributed by atoms with van der Waals surface area (Å²) in [6.07, 6.45) is 1.14. The van der Waals surface area contributed by atoms with E-state index in [0.717, 1.165) is 11.1 Å². The summed E-state index contributed by atoms with van der Waals surface area (Å²) >= 11 is 0. The lowest BCUT2D eigenvalue weighted by molar-refractivity contribution is -0.136. The molecule has 0 aromatic heterocycles. The number of benzene rings is 1. The van der Waals surface area contributed by atoms with Crippen LogP contribution in [0.2, 0.25) is 0 Å².